The zero-order valence-corrected chi connectivity index (χ0v) is 23.9. The summed E-state index contributed by atoms with van der Waals surface area (Å²) in [7, 11) is -1.84. The van der Waals surface area contributed by atoms with Crippen LogP contribution in [0.15, 0.2) is 84.0 Å². The average molecular weight is 573 g/mol. The Hall–Kier alpha value is -3.82. The Bertz CT molecular complexity index is 1700. The van der Waals surface area contributed by atoms with E-state index in [1.165, 1.54) is 12.1 Å². The van der Waals surface area contributed by atoms with Gasteiger partial charge in [0.05, 0.1) is 11.4 Å². The number of hydrogen-bond donors (Lipinski definition) is 1. The number of halogens is 1. The summed E-state index contributed by atoms with van der Waals surface area (Å²) < 4.78 is 44.9. The summed E-state index contributed by atoms with van der Waals surface area (Å²) in [6, 6.07) is 18.8. The lowest BCUT2D eigenvalue weighted by Gasteiger charge is -2.29. The van der Waals surface area contributed by atoms with Gasteiger partial charge in [0.15, 0.2) is 0 Å². The highest BCUT2D eigenvalue weighted by atomic mass is 32.2. The molecule has 1 heterocycles. The second kappa shape index (κ2) is 10.9. The standard InChI is InChI=1S/C32H33FN4O3S/c1-21-5-3-7-26(17-21)41(39,40)35-30-8-4-6-22-11-14-25(18-28(22)30)37(20-31-34-15-16-36(31)2)32(38)29-19-27(29)23-9-12-24(33)13-10-23/h3,5,7,9-18,27,29-30,35H,4,6,8,19-20H2,1-2H3/t27-,29+,30+/m0/s1. The lowest BCUT2D eigenvalue weighted by molar-refractivity contribution is -0.120. The second-order valence-electron chi connectivity index (χ2n) is 11.1. The Morgan fingerprint density at radius 2 is 1.93 bits per heavy atom. The van der Waals surface area contributed by atoms with E-state index >= 15 is 0 Å². The minimum Gasteiger partial charge on any atom is -0.337 e. The van der Waals surface area contributed by atoms with Gasteiger partial charge >= 0.3 is 0 Å². The molecule has 6 rings (SSSR count). The van der Waals surface area contributed by atoms with Crippen LogP contribution in [0.25, 0.3) is 0 Å². The fraction of sp³-hybridized carbons (Fsp3) is 0.312. The molecule has 0 unspecified atom stereocenters. The van der Waals surface area contributed by atoms with E-state index in [0.29, 0.717) is 18.5 Å². The first-order valence-electron chi connectivity index (χ1n) is 13.9. The van der Waals surface area contributed by atoms with Crippen molar-refractivity contribution in [2.75, 3.05) is 4.90 Å². The van der Waals surface area contributed by atoms with E-state index in [1.54, 1.807) is 41.4 Å². The van der Waals surface area contributed by atoms with Crippen molar-refractivity contribution in [3.05, 3.63) is 113 Å². The van der Waals surface area contributed by atoms with E-state index in [9.17, 15) is 17.6 Å². The first kappa shape index (κ1) is 27.4. The van der Waals surface area contributed by atoms with Gasteiger partial charge in [0, 0.05) is 37.1 Å². The van der Waals surface area contributed by atoms with Crippen LogP contribution in [0.4, 0.5) is 10.1 Å². The first-order chi connectivity index (χ1) is 19.7. The number of sulfonamides is 1. The zero-order valence-electron chi connectivity index (χ0n) is 23.1. The van der Waals surface area contributed by atoms with Crippen LogP contribution in [-0.2, 0) is 34.8 Å². The van der Waals surface area contributed by atoms with Crippen molar-refractivity contribution < 1.29 is 17.6 Å². The van der Waals surface area contributed by atoms with E-state index in [1.807, 2.05) is 49.0 Å². The van der Waals surface area contributed by atoms with Crippen molar-refractivity contribution in [2.24, 2.45) is 13.0 Å². The molecule has 0 bridgehead atoms. The molecule has 0 spiro atoms. The van der Waals surface area contributed by atoms with Gasteiger partial charge in [-0.25, -0.2) is 22.5 Å². The fourth-order valence-corrected chi connectivity index (χ4v) is 7.20. The number of rotatable bonds is 8. The number of nitrogens with one attached hydrogen (secondary N) is 1. The van der Waals surface area contributed by atoms with Crippen LogP contribution < -0.4 is 9.62 Å². The molecule has 2 aliphatic rings. The highest BCUT2D eigenvalue weighted by molar-refractivity contribution is 7.89. The third-order valence-corrected chi connectivity index (χ3v) is 9.71. The molecular weight excluding hydrogens is 539 g/mol. The molecule has 1 aromatic heterocycles. The molecule has 1 amide bonds. The smallest absolute Gasteiger partial charge is 0.241 e. The van der Waals surface area contributed by atoms with Crippen molar-refractivity contribution >= 4 is 21.6 Å². The molecule has 3 aromatic carbocycles. The molecule has 9 heteroatoms. The predicted octanol–water partition coefficient (Wildman–Crippen LogP) is 5.56. The van der Waals surface area contributed by atoms with E-state index < -0.39 is 16.1 Å². The van der Waals surface area contributed by atoms with Gasteiger partial charge in [0.1, 0.15) is 11.6 Å². The van der Waals surface area contributed by atoms with Crippen LogP contribution in [0.3, 0.4) is 0 Å². The number of fused-ring (bicyclic) bond motifs is 1. The van der Waals surface area contributed by atoms with Crippen molar-refractivity contribution in [1.82, 2.24) is 14.3 Å². The topological polar surface area (TPSA) is 84.3 Å². The maximum Gasteiger partial charge on any atom is 0.241 e. The number of amides is 1. The van der Waals surface area contributed by atoms with Crippen LogP contribution in [0.1, 0.15) is 59.3 Å². The van der Waals surface area contributed by atoms with Gasteiger partial charge in [0.25, 0.3) is 0 Å². The van der Waals surface area contributed by atoms with Crippen molar-refractivity contribution in [1.29, 1.82) is 0 Å². The molecule has 0 radical (unpaired) electrons. The van der Waals surface area contributed by atoms with Crippen LogP contribution >= 0.6 is 0 Å². The molecule has 3 atom stereocenters. The van der Waals surface area contributed by atoms with E-state index in [0.717, 1.165) is 40.9 Å². The molecule has 4 aromatic rings. The van der Waals surface area contributed by atoms with Gasteiger partial charge in [-0.3, -0.25) is 4.79 Å². The minimum atomic E-state index is -3.74. The molecule has 0 aliphatic heterocycles. The van der Waals surface area contributed by atoms with Crippen molar-refractivity contribution in [3.63, 3.8) is 0 Å². The number of anilines is 1. The van der Waals surface area contributed by atoms with Gasteiger partial charge in [-0.1, -0.05) is 30.3 Å². The summed E-state index contributed by atoms with van der Waals surface area (Å²) in [6.07, 6.45) is 6.64. The monoisotopic (exact) mass is 572 g/mol. The summed E-state index contributed by atoms with van der Waals surface area (Å²) in [4.78, 5) is 20.5. The lowest BCUT2D eigenvalue weighted by atomic mass is 9.87. The van der Waals surface area contributed by atoms with Gasteiger partial charge in [-0.15, -0.1) is 0 Å². The minimum absolute atomic E-state index is 0.0185. The van der Waals surface area contributed by atoms with E-state index in [2.05, 4.69) is 9.71 Å². The Balaban J connectivity index is 1.31. The van der Waals surface area contributed by atoms with Gasteiger partial charge in [-0.2, -0.15) is 0 Å². The van der Waals surface area contributed by atoms with Gasteiger partial charge < -0.3 is 9.47 Å². The summed E-state index contributed by atoms with van der Waals surface area (Å²) >= 11 is 0. The van der Waals surface area contributed by atoms with Gasteiger partial charge in [0.2, 0.25) is 15.9 Å². The summed E-state index contributed by atoms with van der Waals surface area (Å²) in [5.74, 6) is 0.253. The molecule has 212 valence electrons. The molecule has 41 heavy (non-hydrogen) atoms. The first-order valence-corrected chi connectivity index (χ1v) is 15.4. The lowest BCUT2D eigenvalue weighted by Crippen LogP contribution is -2.34. The molecule has 0 saturated heterocycles. The van der Waals surface area contributed by atoms with Crippen LogP contribution in [0.2, 0.25) is 0 Å². The molecule has 1 fully saturated rings. The Kier molecular flexibility index (Phi) is 7.25. The molecule has 2 aliphatic carbocycles. The average Bonchev–Trinajstić information content (AvgIpc) is 3.66. The third kappa shape index (κ3) is 5.69. The zero-order chi connectivity index (χ0) is 28.7. The number of imidazole rings is 1. The summed E-state index contributed by atoms with van der Waals surface area (Å²) in [5.41, 5.74) is 4.52. The quantitative estimate of drug-likeness (QED) is 0.300. The maximum atomic E-state index is 14.0. The maximum absolute atomic E-state index is 14.0. The highest BCUT2D eigenvalue weighted by Crippen LogP contribution is 2.49. The number of aryl methyl sites for hydroxylation is 3. The number of nitrogens with zero attached hydrogens (tertiary/aromatic N) is 3. The number of carbonyl (C=O) groups excluding carboxylic acids is 1. The molecule has 1 saturated carbocycles. The predicted molar refractivity (Wildman–Crippen MR) is 155 cm³/mol. The van der Waals surface area contributed by atoms with Crippen LogP contribution in [0.5, 0.6) is 0 Å². The highest BCUT2D eigenvalue weighted by Gasteiger charge is 2.46. The number of carbonyl (C=O) groups is 1. The fourth-order valence-electron chi connectivity index (χ4n) is 5.85. The van der Waals surface area contributed by atoms with Gasteiger partial charge in [-0.05, 0) is 97.2 Å². The Labute approximate surface area is 240 Å². The summed E-state index contributed by atoms with van der Waals surface area (Å²) in [5, 5.41) is 0. The molecule has 7 nitrogen and oxygen atoms in total. The van der Waals surface area contributed by atoms with Crippen molar-refractivity contribution in [2.45, 2.75) is 56.0 Å². The summed E-state index contributed by atoms with van der Waals surface area (Å²) in [6.45, 7) is 2.16. The second-order valence-corrected chi connectivity index (χ2v) is 12.9. The molecule has 1 N–H and O–H groups in total. The van der Waals surface area contributed by atoms with Crippen LogP contribution in [-0.4, -0.2) is 23.9 Å². The number of hydrogen-bond acceptors (Lipinski definition) is 4. The molecular formula is C32H33FN4O3S. The Morgan fingerprint density at radius 3 is 2.66 bits per heavy atom. The van der Waals surface area contributed by atoms with E-state index in [-0.39, 0.29) is 35.0 Å². The van der Waals surface area contributed by atoms with E-state index in [4.69, 9.17) is 0 Å². The largest absolute Gasteiger partial charge is 0.337 e. The SMILES string of the molecule is Cc1cccc(S(=O)(=O)N[C@@H]2CCCc3ccc(N(Cc4nccn4C)C(=O)[C@@H]4C[C@H]4c4ccc(F)cc4)cc32)c1. The Morgan fingerprint density at radius 1 is 1.12 bits per heavy atom. The third-order valence-electron chi connectivity index (χ3n) is 8.25. The van der Waals surface area contributed by atoms with Crippen molar-refractivity contribution in [3.8, 4) is 0 Å². The normalized spacial score (nSPS) is 19.9. The number of benzene rings is 3. The number of aromatic nitrogens is 2. The van der Waals surface area contributed by atoms with Crippen LogP contribution in [0, 0.1) is 18.7 Å².